The Kier molecular flexibility index (Phi) is 9.10. The van der Waals surface area contributed by atoms with Crippen LogP contribution in [0.25, 0.3) is 0 Å². The van der Waals surface area contributed by atoms with Gasteiger partial charge in [0.05, 0.1) is 12.8 Å². The van der Waals surface area contributed by atoms with Crippen LogP contribution in [0.15, 0.2) is 67.3 Å². The maximum Gasteiger partial charge on any atom is 0.243 e. The summed E-state index contributed by atoms with van der Waals surface area (Å²) < 4.78 is 38.0. The van der Waals surface area contributed by atoms with E-state index in [1.807, 2.05) is 30.3 Å². The molecule has 0 spiro atoms. The minimum atomic E-state index is -3.61. The van der Waals surface area contributed by atoms with Crippen molar-refractivity contribution >= 4 is 21.8 Å². The maximum atomic E-state index is 13.4. The first kappa shape index (κ1) is 25.2. The Bertz CT molecular complexity index is 1030. The van der Waals surface area contributed by atoms with E-state index in [4.69, 9.17) is 0 Å². The molecule has 1 atom stereocenters. The summed E-state index contributed by atoms with van der Waals surface area (Å²) in [5, 5.41) is 2.72. The molecule has 0 aliphatic rings. The molecule has 2 aromatic rings. The molecule has 2 amide bonds. The second kappa shape index (κ2) is 11.5. The molecule has 7 nitrogen and oxygen atoms in total. The summed E-state index contributed by atoms with van der Waals surface area (Å²) >= 11 is 0. The van der Waals surface area contributed by atoms with E-state index in [1.54, 1.807) is 0 Å². The minimum absolute atomic E-state index is 0.00965. The Labute approximate surface area is 188 Å². The van der Waals surface area contributed by atoms with Crippen molar-refractivity contribution in [2.24, 2.45) is 0 Å². The van der Waals surface area contributed by atoms with Crippen LogP contribution in [0.3, 0.4) is 0 Å². The van der Waals surface area contributed by atoms with E-state index in [-0.39, 0.29) is 19.5 Å². The molecular formula is C23H28FN3O4S. The topological polar surface area (TPSA) is 86.8 Å². The van der Waals surface area contributed by atoms with Gasteiger partial charge < -0.3 is 10.2 Å². The van der Waals surface area contributed by atoms with E-state index in [2.05, 4.69) is 11.9 Å². The zero-order valence-electron chi connectivity index (χ0n) is 18.2. The standard InChI is InChI=1S/C23H28FN3O4S/c1-4-14-25-23(29)21(15-18-8-6-5-7-9-18)27(16-19-10-12-20(24)13-11-19)22(28)17-26(2)32(3,30)31/h4-13,21H,1,14-17H2,2-3H3,(H,25,29). The molecule has 172 valence electrons. The average Bonchev–Trinajstić information content (AvgIpc) is 2.75. The number of carbonyl (C=O) groups excluding carboxylic acids is 2. The molecule has 0 radical (unpaired) electrons. The first-order valence-electron chi connectivity index (χ1n) is 9.99. The quantitative estimate of drug-likeness (QED) is 0.519. The highest BCUT2D eigenvalue weighted by atomic mass is 32.2. The van der Waals surface area contributed by atoms with Crippen molar-refractivity contribution in [1.29, 1.82) is 0 Å². The monoisotopic (exact) mass is 461 g/mol. The minimum Gasteiger partial charge on any atom is -0.351 e. The summed E-state index contributed by atoms with van der Waals surface area (Å²) in [6.07, 6.45) is 2.75. The lowest BCUT2D eigenvalue weighted by Gasteiger charge is -2.32. The van der Waals surface area contributed by atoms with Crippen molar-refractivity contribution in [1.82, 2.24) is 14.5 Å². The molecule has 9 heteroatoms. The first-order valence-corrected chi connectivity index (χ1v) is 11.8. The van der Waals surface area contributed by atoms with Crippen molar-refractivity contribution < 1.29 is 22.4 Å². The molecule has 32 heavy (non-hydrogen) atoms. The first-order chi connectivity index (χ1) is 15.1. The molecule has 2 rings (SSSR count). The highest BCUT2D eigenvalue weighted by Crippen LogP contribution is 2.16. The third-order valence-corrected chi connectivity index (χ3v) is 6.14. The van der Waals surface area contributed by atoms with Crippen molar-refractivity contribution in [3.63, 3.8) is 0 Å². The molecule has 0 aliphatic heterocycles. The predicted molar refractivity (Wildman–Crippen MR) is 122 cm³/mol. The number of nitrogens with zero attached hydrogens (tertiary/aromatic N) is 2. The Morgan fingerprint density at radius 2 is 1.72 bits per heavy atom. The Hall–Kier alpha value is -3.04. The molecule has 2 aromatic carbocycles. The molecule has 0 saturated heterocycles. The van der Waals surface area contributed by atoms with E-state index in [9.17, 15) is 22.4 Å². The number of rotatable bonds is 11. The van der Waals surface area contributed by atoms with Gasteiger partial charge in [0.25, 0.3) is 0 Å². The van der Waals surface area contributed by atoms with Gasteiger partial charge in [-0.05, 0) is 23.3 Å². The van der Waals surface area contributed by atoms with E-state index in [0.29, 0.717) is 5.56 Å². The van der Waals surface area contributed by atoms with Gasteiger partial charge in [-0.1, -0.05) is 48.5 Å². The number of benzene rings is 2. The molecule has 0 heterocycles. The summed E-state index contributed by atoms with van der Waals surface area (Å²) in [4.78, 5) is 27.6. The highest BCUT2D eigenvalue weighted by molar-refractivity contribution is 7.88. The van der Waals surface area contributed by atoms with Crippen molar-refractivity contribution in [2.45, 2.75) is 19.0 Å². The molecular weight excluding hydrogens is 433 g/mol. The fourth-order valence-electron chi connectivity index (χ4n) is 3.03. The normalized spacial score (nSPS) is 12.2. The molecule has 1 N–H and O–H groups in total. The lowest BCUT2D eigenvalue weighted by molar-refractivity contribution is -0.141. The van der Waals surface area contributed by atoms with Crippen LogP contribution < -0.4 is 5.32 Å². The Morgan fingerprint density at radius 3 is 2.28 bits per heavy atom. The molecule has 0 saturated carbocycles. The molecule has 0 aliphatic carbocycles. The van der Waals surface area contributed by atoms with Crippen LogP contribution in [0.5, 0.6) is 0 Å². The lowest BCUT2D eigenvalue weighted by atomic mass is 10.0. The van der Waals surface area contributed by atoms with Gasteiger partial charge in [0, 0.05) is 26.6 Å². The van der Waals surface area contributed by atoms with Crippen molar-refractivity contribution in [3.8, 4) is 0 Å². The number of amides is 2. The van der Waals surface area contributed by atoms with Crippen LogP contribution in [-0.2, 0) is 32.6 Å². The Morgan fingerprint density at radius 1 is 1.09 bits per heavy atom. The smallest absolute Gasteiger partial charge is 0.243 e. The van der Waals surface area contributed by atoms with Gasteiger partial charge in [0.1, 0.15) is 11.9 Å². The van der Waals surface area contributed by atoms with Gasteiger partial charge >= 0.3 is 0 Å². The van der Waals surface area contributed by atoms with Crippen LogP contribution in [0.4, 0.5) is 4.39 Å². The zero-order valence-corrected chi connectivity index (χ0v) is 19.0. The number of hydrogen-bond donors (Lipinski definition) is 1. The maximum absolute atomic E-state index is 13.4. The number of halogens is 1. The van der Waals surface area contributed by atoms with Gasteiger partial charge in [0.2, 0.25) is 21.8 Å². The summed E-state index contributed by atoms with van der Waals surface area (Å²) in [6.45, 7) is 3.39. The van der Waals surface area contributed by atoms with E-state index in [1.165, 1.54) is 42.3 Å². The number of nitrogens with one attached hydrogen (secondary N) is 1. The SMILES string of the molecule is C=CCNC(=O)C(Cc1ccccc1)N(Cc1ccc(F)cc1)C(=O)CN(C)S(C)(=O)=O. The van der Waals surface area contributed by atoms with Crippen molar-refractivity contribution in [2.75, 3.05) is 26.4 Å². The number of likely N-dealkylation sites (N-methyl/N-ethyl adjacent to an activating group) is 1. The second-order valence-electron chi connectivity index (χ2n) is 7.41. The third-order valence-electron chi connectivity index (χ3n) is 4.88. The van der Waals surface area contributed by atoms with Crippen LogP contribution in [0, 0.1) is 5.82 Å². The van der Waals surface area contributed by atoms with Crippen LogP contribution in [0.1, 0.15) is 11.1 Å². The second-order valence-corrected chi connectivity index (χ2v) is 9.50. The zero-order chi connectivity index (χ0) is 23.7. The lowest BCUT2D eigenvalue weighted by Crippen LogP contribution is -2.53. The van der Waals surface area contributed by atoms with E-state index < -0.39 is 40.2 Å². The van der Waals surface area contributed by atoms with E-state index >= 15 is 0 Å². The van der Waals surface area contributed by atoms with Gasteiger partial charge in [-0.15, -0.1) is 6.58 Å². The number of hydrogen-bond acceptors (Lipinski definition) is 4. The summed E-state index contributed by atoms with van der Waals surface area (Å²) in [5.74, 6) is -1.36. The molecule has 1 unspecified atom stereocenters. The molecule has 0 bridgehead atoms. The fourth-order valence-corrected chi connectivity index (χ4v) is 3.37. The summed E-state index contributed by atoms with van der Waals surface area (Å²) in [6, 6.07) is 13.9. The Balaban J connectivity index is 2.42. The van der Waals surface area contributed by atoms with Crippen LogP contribution in [0.2, 0.25) is 0 Å². The van der Waals surface area contributed by atoms with E-state index in [0.717, 1.165) is 16.1 Å². The predicted octanol–water partition coefficient (Wildman–Crippen LogP) is 1.96. The summed E-state index contributed by atoms with van der Waals surface area (Å²) in [5.41, 5.74) is 1.44. The van der Waals surface area contributed by atoms with Gasteiger partial charge in [-0.25, -0.2) is 12.8 Å². The largest absolute Gasteiger partial charge is 0.351 e. The van der Waals surface area contributed by atoms with Gasteiger partial charge in [0.15, 0.2) is 0 Å². The van der Waals surface area contributed by atoms with Crippen molar-refractivity contribution in [3.05, 3.63) is 84.2 Å². The number of sulfonamides is 1. The van der Waals surface area contributed by atoms with Gasteiger partial charge in [-0.3, -0.25) is 9.59 Å². The highest BCUT2D eigenvalue weighted by Gasteiger charge is 2.31. The van der Waals surface area contributed by atoms with Crippen LogP contribution >= 0.6 is 0 Å². The average molecular weight is 462 g/mol. The number of carbonyl (C=O) groups is 2. The molecule has 0 aromatic heterocycles. The van der Waals surface area contributed by atoms with Crippen LogP contribution in [-0.4, -0.2) is 61.9 Å². The summed E-state index contributed by atoms with van der Waals surface area (Å²) in [7, 11) is -2.31. The molecule has 0 fully saturated rings. The van der Waals surface area contributed by atoms with Gasteiger partial charge in [-0.2, -0.15) is 4.31 Å². The fraction of sp³-hybridized carbons (Fsp3) is 0.304. The third kappa shape index (κ3) is 7.58.